The van der Waals surface area contributed by atoms with Gasteiger partial charge in [-0.3, -0.25) is 9.69 Å². The highest BCUT2D eigenvalue weighted by molar-refractivity contribution is 5.79. The summed E-state index contributed by atoms with van der Waals surface area (Å²) < 4.78 is 0. The number of carbonyl (C=O) groups excluding carboxylic acids is 1. The number of rotatable bonds is 7. The third-order valence-corrected chi connectivity index (χ3v) is 5.79. The molecule has 1 aliphatic carbocycles. The molecule has 0 atom stereocenters. The van der Waals surface area contributed by atoms with Crippen molar-refractivity contribution in [1.82, 2.24) is 15.5 Å². The van der Waals surface area contributed by atoms with E-state index in [2.05, 4.69) is 39.8 Å². The van der Waals surface area contributed by atoms with Crippen LogP contribution in [0.5, 0.6) is 0 Å². The van der Waals surface area contributed by atoms with Gasteiger partial charge in [0.15, 0.2) is 0 Å². The van der Waals surface area contributed by atoms with Crippen molar-refractivity contribution in [2.45, 2.75) is 44.1 Å². The first-order valence-corrected chi connectivity index (χ1v) is 9.45. The summed E-state index contributed by atoms with van der Waals surface area (Å²) in [5.74, 6) is 1.01. The SMILES string of the molecule is CNCCC1CCN(CC(=O)NC2(c3ccccc3)CCC2)CC1. The van der Waals surface area contributed by atoms with E-state index in [1.807, 2.05) is 13.1 Å². The topological polar surface area (TPSA) is 44.4 Å². The van der Waals surface area contributed by atoms with Crippen LogP contribution in [0.3, 0.4) is 0 Å². The Balaban J connectivity index is 1.48. The highest BCUT2D eigenvalue weighted by Crippen LogP contribution is 2.41. The van der Waals surface area contributed by atoms with Gasteiger partial charge in [0.1, 0.15) is 0 Å². The van der Waals surface area contributed by atoms with Crippen molar-refractivity contribution in [1.29, 1.82) is 0 Å². The molecule has 4 heteroatoms. The van der Waals surface area contributed by atoms with Crippen molar-refractivity contribution in [3.8, 4) is 0 Å². The molecule has 1 saturated heterocycles. The number of carbonyl (C=O) groups is 1. The maximum absolute atomic E-state index is 12.6. The van der Waals surface area contributed by atoms with Crippen LogP contribution >= 0.6 is 0 Å². The second-order valence-corrected chi connectivity index (χ2v) is 7.46. The molecule has 2 fully saturated rings. The standard InChI is InChI=1S/C20H31N3O/c1-21-13-8-17-9-14-23(15-10-17)16-19(24)22-20(11-5-12-20)18-6-3-2-4-7-18/h2-4,6-7,17,21H,5,8-16H2,1H3,(H,22,24). The number of benzene rings is 1. The minimum absolute atomic E-state index is 0.108. The zero-order chi connectivity index (χ0) is 16.8. The number of hydrogen-bond donors (Lipinski definition) is 2. The van der Waals surface area contributed by atoms with Crippen LogP contribution in [0.1, 0.15) is 44.1 Å². The van der Waals surface area contributed by atoms with Gasteiger partial charge in [-0.25, -0.2) is 0 Å². The first-order valence-electron chi connectivity index (χ1n) is 9.45. The van der Waals surface area contributed by atoms with Crippen LogP contribution in [0.15, 0.2) is 30.3 Å². The lowest BCUT2D eigenvalue weighted by molar-refractivity contribution is -0.125. The molecule has 2 N–H and O–H groups in total. The minimum Gasteiger partial charge on any atom is -0.345 e. The van der Waals surface area contributed by atoms with E-state index >= 15 is 0 Å². The largest absolute Gasteiger partial charge is 0.345 e. The van der Waals surface area contributed by atoms with E-state index in [0.29, 0.717) is 6.54 Å². The Morgan fingerprint density at radius 3 is 2.50 bits per heavy atom. The maximum Gasteiger partial charge on any atom is 0.234 e. The lowest BCUT2D eigenvalue weighted by Crippen LogP contribution is -2.53. The van der Waals surface area contributed by atoms with Crippen LogP contribution in [0.4, 0.5) is 0 Å². The number of piperidine rings is 1. The van der Waals surface area contributed by atoms with E-state index in [9.17, 15) is 4.79 Å². The van der Waals surface area contributed by atoms with Crippen molar-refractivity contribution < 1.29 is 4.79 Å². The van der Waals surface area contributed by atoms with E-state index < -0.39 is 0 Å². The summed E-state index contributed by atoms with van der Waals surface area (Å²) in [5, 5.41) is 6.58. The molecule has 3 rings (SSSR count). The average Bonchev–Trinajstić information content (AvgIpc) is 2.58. The fourth-order valence-corrected chi connectivity index (χ4v) is 4.06. The normalized spacial score (nSPS) is 21.2. The zero-order valence-electron chi connectivity index (χ0n) is 14.9. The van der Waals surface area contributed by atoms with Gasteiger partial charge in [-0.15, -0.1) is 0 Å². The molecule has 1 amide bonds. The predicted octanol–water partition coefficient (Wildman–Crippen LogP) is 2.50. The molecule has 1 aromatic rings. The molecule has 1 heterocycles. The summed E-state index contributed by atoms with van der Waals surface area (Å²) >= 11 is 0. The van der Waals surface area contributed by atoms with Crippen molar-refractivity contribution in [3.63, 3.8) is 0 Å². The van der Waals surface area contributed by atoms with E-state index in [-0.39, 0.29) is 11.4 Å². The molecule has 0 bridgehead atoms. The number of nitrogens with zero attached hydrogens (tertiary/aromatic N) is 1. The van der Waals surface area contributed by atoms with Crippen molar-refractivity contribution in [3.05, 3.63) is 35.9 Å². The summed E-state index contributed by atoms with van der Waals surface area (Å²) in [6, 6.07) is 10.5. The van der Waals surface area contributed by atoms with Crippen molar-refractivity contribution in [2.24, 2.45) is 5.92 Å². The van der Waals surface area contributed by atoms with Crippen LogP contribution in [0, 0.1) is 5.92 Å². The fourth-order valence-electron chi connectivity index (χ4n) is 4.06. The molecular formula is C20H31N3O. The number of hydrogen-bond acceptors (Lipinski definition) is 3. The summed E-state index contributed by atoms with van der Waals surface area (Å²) in [5.41, 5.74) is 1.15. The monoisotopic (exact) mass is 329 g/mol. The molecule has 2 aliphatic rings. The van der Waals surface area contributed by atoms with Gasteiger partial charge in [0.05, 0.1) is 12.1 Å². The molecule has 4 nitrogen and oxygen atoms in total. The van der Waals surface area contributed by atoms with Crippen LogP contribution in [0.2, 0.25) is 0 Å². The maximum atomic E-state index is 12.6. The van der Waals surface area contributed by atoms with Gasteiger partial charge in [-0.05, 0) is 76.7 Å². The third kappa shape index (κ3) is 4.17. The second kappa shape index (κ2) is 8.13. The Kier molecular flexibility index (Phi) is 5.90. The molecule has 1 aromatic carbocycles. The molecule has 0 spiro atoms. The molecular weight excluding hydrogens is 298 g/mol. The molecule has 0 unspecified atom stereocenters. The molecule has 24 heavy (non-hydrogen) atoms. The highest BCUT2D eigenvalue weighted by atomic mass is 16.2. The van der Waals surface area contributed by atoms with Gasteiger partial charge in [-0.1, -0.05) is 30.3 Å². The fraction of sp³-hybridized carbons (Fsp3) is 0.650. The van der Waals surface area contributed by atoms with Gasteiger partial charge in [-0.2, -0.15) is 0 Å². The third-order valence-electron chi connectivity index (χ3n) is 5.79. The first kappa shape index (κ1) is 17.4. The van der Waals surface area contributed by atoms with E-state index in [1.54, 1.807) is 0 Å². The Morgan fingerprint density at radius 1 is 1.21 bits per heavy atom. The number of amides is 1. The van der Waals surface area contributed by atoms with Gasteiger partial charge in [0.2, 0.25) is 5.91 Å². The van der Waals surface area contributed by atoms with Crippen LogP contribution in [-0.2, 0) is 10.3 Å². The van der Waals surface area contributed by atoms with Gasteiger partial charge >= 0.3 is 0 Å². The van der Waals surface area contributed by atoms with E-state index in [1.165, 1.54) is 31.2 Å². The van der Waals surface area contributed by atoms with E-state index in [0.717, 1.165) is 38.4 Å². The Morgan fingerprint density at radius 2 is 1.92 bits per heavy atom. The number of nitrogens with one attached hydrogen (secondary N) is 2. The smallest absolute Gasteiger partial charge is 0.234 e. The minimum atomic E-state index is -0.108. The second-order valence-electron chi connectivity index (χ2n) is 7.46. The van der Waals surface area contributed by atoms with Gasteiger partial charge < -0.3 is 10.6 Å². The highest BCUT2D eigenvalue weighted by Gasteiger charge is 2.40. The quantitative estimate of drug-likeness (QED) is 0.808. The summed E-state index contributed by atoms with van der Waals surface area (Å²) in [4.78, 5) is 14.9. The van der Waals surface area contributed by atoms with Crippen LogP contribution in [0.25, 0.3) is 0 Å². The lowest BCUT2D eigenvalue weighted by Gasteiger charge is -2.43. The summed E-state index contributed by atoms with van der Waals surface area (Å²) in [6.45, 7) is 3.76. The summed E-state index contributed by atoms with van der Waals surface area (Å²) in [6.07, 6.45) is 7.03. The molecule has 1 aliphatic heterocycles. The van der Waals surface area contributed by atoms with Gasteiger partial charge in [0, 0.05) is 0 Å². The summed E-state index contributed by atoms with van der Waals surface area (Å²) in [7, 11) is 2.02. The lowest BCUT2D eigenvalue weighted by atomic mass is 9.72. The van der Waals surface area contributed by atoms with E-state index in [4.69, 9.17) is 0 Å². The van der Waals surface area contributed by atoms with Crippen LogP contribution in [-0.4, -0.2) is 44.0 Å². The molecule has 0 radical (unpaired) electrons. The van der Waals surface area contributed by atoms with Crippen molar-refractivity contribution >= 4 is 5.91 Å². The molecule has 132 valence electrons. The Hall–Kier alpha value is -1.39. The first-order chi connectivity index (χ1) is 11.7. The van der Waals surface area contributed by atoms with Gasteiger partial charge in [0.25, 0.3) is 0 Å². The zero-order valence-corrected chi connectivity index (χ0v) is 14.9. The van der Waals surface area contributed by atoms with Crippen LogP contribution < -0.4 is 10.6 Å². The number of likely N-dealkylation sites (tertiary alicyclic amines) is 1. The Bertz CT molecular complexity index is 519. The predicted molar refractivity (Wildman–Crippen MR) is 97.8 cm³/mol. The average molecular weight is 329 g/mol. The molecule has 0 aromatic heterocycles. The Labute approximate surface area is 146 Å². The molecule has 1 saturated carbocycles. The van der Waals surface area contributed by atoms with Crippen molar-refractivity contribution in [2.75, 3.05) is 33.2 Å².